The van der Waals surface area contributed by atoms with Gasteiger partial charge in [0.2, 0.25) is 5.91 Å². The average Bonchev–Trinajstić information content (AvgIpc) is 3.00. The Hall–Kier alpha value is -2.21. The van der Waals surface area contributed by atoms with Crippen LogP contribution in [-0.4, -0.2) is 23.3 Å². The van der Waals surface area contributed by atoms with Crippen molar-refractivity contribution in [2.24, 2.45) is 0 Å². The number of hydrogen-bond donors (Lipinski definition) is 2. The van der Waals surface area contributed by atoms with Gasteiger partial charge in [0.25, 0.3) is 5.91 Å². The van der Waals surface area contributed by atoms with Crippen molar-refractivity contribution < 1.29 is 9.59 Å². The van der Waals surface area contributed by atoms with Crippen LogP contribution in [-0.2, 0) is 11.2 Å². The predicted octanol–water partition coefficient (Wildman–Crippen LogP) is 2.95. The molecule has 120 valence electrons. The highest BCUT2D eigenvalue weighted by molar-refractivity contribution is 7.14. The summed E-state index contributed by atoms with van der Waals surface area (Å²) in [7, 11) is 0. The SMILES string of the molecule is CC(=O)Nc1nc(C(=O)NC[C@@H]2CCCc3ccccc32)cs1. The number of aromatic nitrogens is 1. The van der Waals surface area contributed by atoms with Crippen LogP contribution in [0.5, 0.6) is 0 Å². The number of anilines is 1. The van der Waals surface area contributed by atoms with Crippen LogP contribution in [0.15, 0.2) is 29.6 Å². The maximum atomic E-state index is 12.2. The average molecular weight is 329 g/mol. The number of fused-ring (bicyclic) bond motifs is 1. The molecule has 1 atom stereocenters. The third-order valence-corrected chi connectivity index (χ3v) is 4.78. The topological polar surface area (TPSA) is 71.1 Å². The van der Waals surface area contributed by atoms with Crippen LogP contribution >= 0.6 is 11.3 Å². The van der Waals surface area contributed by atoms with Gasteiger partial charge in [-0.05, 0) is 30.4 Å². The van der Waals surface area contributed by atoms with Crippen molar-refractivity contribution in [3.63, 3.8) is 0 Å². The van der Waals surface area contributed by atoms with Crippen molar-refractivity contribution in [1.29, 1.82) is 0 Å². The number of thiazole rings is 1. The van der Waals surface area contributed by atoms with Gasteiger partial charge >= 0.3 is 0 Å². The molecule has 2 aromatic rings. The normalized spacial score (nSPS) is 16.5. The fourth-order valence-electron chi connectivity index (χ4n) is 2.96. The van der Waals surface area contributed by atoms with E-state index in [1.165, 1.54) is 29.4 Å². The first-order valence-electron chi connectivity index (χ1n) is 7.72. The van der Waals surface area contributed by atoms with E-state index in [4.69, 9.17) is 0 Å². The number of carbonyl (C=O) groups excluding carboxylic acids is 2. The van der Waals surface area contributed by atoms with Gasteiger partial charge in [-0.2, -0.15) is 0 Å². The van der Waals surface area contributed by atoms with Gasteiger partial charge < -0.3 is 10.6 Å². The molecule has 23 heavy (non-hydrogen) atoms. The molecule has 2 N–H and O–H groups in total. The summed E-state index contributed by atoms with van der Waals surface area (Å²) in [5.41, 5.74) is 3.08. The highest BCUT2D eigenvalue weighted by atomic mass is 32.1. The Morgan fingerprint density at radius 2 is 2.17 bits per heavy atom. The number of nitrogens with zero attached hydrogens (tertiary/aromatic N) is 1. The minimum Gasteiger partial charge on any atom is -0.350 e. The summed E-state index contributed by atoms with van der Waals surface area (Å²) in [5, 5.41) is 7.67. The number of carbonyl (C=O) groups is 2. The molecule has 0 saturated heterocycles. The highest BCUT2D eigenvalue weighted by Gasteiger charge is 2.21. The first-order valence-corrected chi connectivity index (χ1v) is 8.60. The van der Waals surface area contributed by atoms with E-state index < -0.39 is 0 Å². The Morgan fingerprint density at radius 1 is 1.35 bits per heavy atom. The van der Waals surface area contributed by atoms with E-state index in [-0.39, 0.29) is 11.8 Å². The molecular formula is C17H19N3O2S. The molecule has 1 aliphatic carbocycles. The van der Waals surface area contributed by atoms with Crippen molar-refractivity contribution in [2.75, 3.05) is 11.9 Å². The van der Waals surface area contributed by atoms with E-state index >= 15 is 0 Å². The van der Waals surface area contributed by atoms with E-state index in [0.717, 1.165) is 19.3 Å². The number of nitrogens with one attached hydrogen (secondary N) is 2. The van der Waals surface area contributed by atoms with Gasteiger partial charge in [0.05, 0.1) is 0 Å². The van der Waals surface area contributed by atoms with Crippen molar-refractivity contribution in [3.05, 3.63) is 46.5 Å². The lowest BCUT2D eigenvalue weighted by Gasteiger charge is -2.25. The monoisotopic (exact) mass is 329 g/mol. The number of aryl methyl sites for hydroxylation is 1. The van der Waals surface area contributed by atoms with Crippen LogP contribution < -0.4 is 10.6 Å². The van der Waals surface area contributed by atoms with Crippen LogP contribution in [0.25, 0.3) is 0 Å². The number of benzene rings is 1. The standard InChI is InChI=1S/C17H19N3O2S/c1-11(21)19-17-20-15(10-23-17)16(22)18-9-13-7-4-6-12-5-2-3-8-14(12)13/h2-3,5,8,10,13H,4,6-7,9H2,1H3,(H,18,22)(H,19,20,21)/t13-/m0/s1. The van der Waals surface area contributed by atoms with Gasteiger partial charge in [-0.1, -0.05) is 24.3 Å². The Bertz CT molecular complexity index is 726. The summed E-state index contributed by atoms with van der Waals surface area (Å²) < 4.78 is 0. The molecular weight excluding hydrogens is 310 g/mol. The molecule has 0 unspecified atom stereocenters. The van der Waals surface area contributed by atoms with E-state index in [0.29, 0.717) is 23.3 Å². The molecule has 1 heterocycles. The predicted molar refractivity (Wildman–Crippen MR) is 90.9 cm³/mol. The molecule has 3 rings (SSSR count). The summed E-state index contributed by atoms with van der Waals surface area (Å²) in [5.74, 6) is -0.0246. The fraction of sp³-hybridized carbons (Fsp3) is 0.353. The van der Waals surface area contributed by atoms with Crippen LogP contribution in [0, 0.1) is 0 Å². The molecule has 0 aliphatic heterocycles. The molecule has 0 fully saturated rings. The van der Waals surface area contributed by atoms with Crippen LogP contribution in [0.4, 0.5) is 5.13 Å². The molecule has 0 saturated carbocycles. The molecule has 6 heteroatoms. The van der Waals surface area contributed by atoms with Gasteiger partial charge in [0.1, 0.15) is 5.69 Å². The number of amides is 2. The third-order valence-electron chi connectivity index (χ3n) is 4.02. The Balaban J connectivity index is 1.61. The van der Waals surface area contributed by atoms with Crippen LogP contribution in [0.1, 0.15) is 47.3 Å². The van der Waals surface area contributed by atoms with E-state index in [1.807, 2.05) is 0 Å². The first-order chi connectivity index (χ1) is 11.1. The maximum absolute atomic E-state index is 12.2. The molecule has 0 radical (unpaired) electrons. The highest BCUT2D eigenvalue weighted by Crippen LogP contribution is 2.30. The fourth-order valence-corrected chi connectivity index (χ4v) is 3.70. The number of hydrogen-bond acceptors (Lipinski definition) is 4. The summed E-state index contributed by atoms with van der Waals surface area (Å²) in [6.07, 6.45) is 3.36. The van der Waals surface area contributed by atoms with Crippen molar-refractivity contribution in [1.82, 2.24) is 10.3 Å². The largest absolute Gasteiger partial charge is 0.350 e. The quantitative estimate of drug-likeness (QED) is 0.906. The second-order valence-corrected chi connectivity index (χ2v) is 6.58. The van der Waals surface area contributed by atoms with E-state index in [9.17, 15) is 9.59 Å². The van der Waals surface area contributed by atoms with Crippen molar-refractivity contribution >= 4 is 28.3 Å². The smallest absolute Gasteiger partial charge is 0.270 e. The molecule has 2 amide bonds. The second-order valence-electron chi connectivity index (χ2n) is 5.72. The molecule has 1 aromatic carbocycles. The lowest BCUT2D eigenvalue weighted by Crippen LogP contribution is -2.30. The van der Waals surface area contributed by atoms with Gasteiger partial charge in [-0.3, -0.25) is 9.59 Å². The Morgan fingerprint density at radius 3 is 3.00 bits per heavy atom. The minimum atomic E-state index is -0.194. The van der Waals surface area contributed by atoms with Gasteiger partial charge in [-0.15, -0.1) is 11.3 Å². The molecule has 1 aromatic heterocycles. The summed E-state index contributed by atoms with van der Waals surface area (Å²) in [6.45, 7) is 2.03. The zero-order valence-electron chi connectivity index (χ0n) is 13.0. The minimum absolute atomic E-state index is 0.190. The summed E-state index contributed by atoms with van der Waals surface area (Å²) >= 11 is 1.25. The van der Waals surface area contributed by atoms with Gasteiger partial charge in [0, 0.05) is 24.8 Å². The Labute approximate surface area is 139 Å². The van der Waals surface area contributed by atoms with Crippen molar-refractivity contribution in [3.8, 4) is 0 Å². The number of rotatable bonds is 4. The molecule has 5 nitrogen and oxygen atoms in total. The van der Waals surface area contributed by atoms with E-state index in [1.54, 1.807) is 5.38 Å². The maximum Gasteiger partial charge on any atom is 0.270 e. The van der Waals surface area contributed by atoms with E-state index in [2.05, 4.69) is 39.9 Å². The van der Waals surface area contributed by atoms with Crippen molar-refractivity contribution in [2.45, 2.75) is 32.1 Å². The molecule has 1 aliphatic rings. The second kappa shape index (κ2) is 6.91. The molecule has 0 bridgehead atoms. The Kier molecular flexibility index (Phi) is 4.71. The zero-order chi connectivity index (χ0) is 16.2. The summed E-state index contributed by atoms with van der Waals surface area (Å²) in [4.78, 5) is 27.3. The van der Waals surface area contributed by atoms with Gasteiger partial charge in [0.15, 0.2) is 5.13 Å². The third kappa shape index (κ3) is 3.76. The lowest BCUT2D eigenvalue weighted by atomic mass is 9.83. The van der Waals surface area contributed by atoms with Gasteiger partial charge in [-0.25, -0.2) is 4.98 Å². The lowest BCUT2D eigenvalue weighted by molar-refractivity contribution is -0.114. The molecule has 0 spiro atoms. The van der Waals surface area contributed by atoms with Crippen LogP contribution in [0.3, 0.4) is 0 Å². The summed E-state index contributed by atoms with van der Waals surface area (Å²) in [6, 6.07) is 8.45. The van der Waals surface area contributed by atoms with Crippen LogP contribution in [0.2, 0.25) is 0 Å². The first kappa shape index (κ1) is 15.7. The zero-order valence-corrected chi connectivity index (χ0v) is 13.8.